The molecule has 4 heteroatoms. The second-order valence-electron chi connectivity index (χ2n) is 3.46. The molecule has 0 aromatic rings. The van der Waals surface area contributed by atoms with Gasteiger partial charge in [-0.15, -0.1) is 0 Å². The fraction of sp³-hybridized carbons (Fsp3) is 0.600. The van der Waals surface area contributed by atoms with Gasteiger partial charge in [0.25, 0.3) is 0 Å². The van der Waals surface area contributed by atoms with Crippen molar-refractivity contribution in [2.45, 2.75) is 25.3 Å². The fourth-order valence-corrected chi connectivity index (χ4v) is 1.59. The standard InChI is InChI=1S/C10H16N2O2/c1-3-9(13)12(2)8-6-4-5-7-11-10(8)14/h3,8H,1,4-7H2,2H3,(H,11,14)/t8-/m1/s1. The van der Waals surface area contributed by atoms with E-state index in [0.29, 0.717) is 6.54 Å². The highest BCUT2D eigenvalue weighted by Gasteiger charge is 2.26. The summed E-state index contributed by atoms with van der Waals surface area (Å²) in [6.07, 6.45) is 3.93. The SMILES string of the molecule is C=CC(=O)N(C)[C@@H]1CCCCNC1=O. The third kappa shape index (κ3) is 2.34. The Bertz CT molecular complexity index is 251. The predicted molar refractivity (Wildman–Crippen MR) is 53.6 cm³/mol. The summed E-state index contributed by atoms with van der Waals surface area (Å²) in [5, 5.41) is 2.79. The Hall–Kier alpha value is -1.32. The molecule has 0 radical (unpaired) electrons. The number of carbonyl (C=O) groups is 2. The number of amides is 2. The molecule has 0 saturated carbocycles. The van der Waals surface area contributed by atoms with Crippen molar-refractivity contribution in [1.29, 1.82) is 0 Å². The molecule has 0 aromatic carbocycles. The van der Waals surface area contributed by atoms with Crippen LogP contribution in [0.2, 0.25) is 0 Å². The molecule has 1 rings (SSSR count). The molecular formula is C10H16N2O2. The quantitative estimate of drug-likeness (QED) is 0.646. The zero-order valence-electron chi connectivity index (χ0n) is 8.45. The van der Waals surface area contributed by atoms with E-state index in [2.05, 4.69) is 11.9 Å². The molecule has 1 saturated heterocycles. The maximum atomic E-state index is 11.5. The first-order valence-electron chi connectivity index (χ1n) is 4.83. The van der Waals surface area contributed by atoms with Gasteiger partial charge in [-0.3, -0.25) is 9.59 Å². The second-order valence-corrected chi connectivity index (χ2v) is 3.46. The van der Waals surface area contributed by atoms with Gasteiger partial charge < -0.3 is 10.2 Å². The van der Waals surface area contributed by atoms with Crippen LogP contribution in [0.4, 0.5) is 0 Å². The van der Waals surface area contributed by atoms with Crippen LogP contribution >= 0.6 is 0 Å². The highest BCUT2D eigenvalue weighted by atomic mass is 16.2. The second kappa shape index (κ2) is 4.79. The number of hydrogen-bond donors (Lipinski definition) is 1. The van der Waals surface area contributed by atoms with Crippen LogP contribution in [-0.2, 0) is 9.59 Å². The van der Waals surface area contributed by atoms with E-state index >= 15 is 0 Å². The smallest absolute Gasteiger partial charge is 0.246 e. The molecule has 1 fully saturated rings. The van der Waals surface area contributed by atoms with Crippen LogP contribution in [0.5, 0.6) is 0 Å². The number of likely N-dealkylation sites (N-methyl/N-ethyl adjacent to an activating group) is 1. The van der Waals surface area contributed by atoms with Crippen molar-refractivity contribution in [2.24, 2.45) is 0 Å². The molecule has 78 valence electrons. The van der Waals surface area contributed by atoms with Gasteiger partial charge in [-0.1, -0.05) is 6.58 Å². The summed E-state index contributed by atoms with van der Waals surface area (Å²) in [4.78, 5) is 24.3. The summed E-state index contributed by atoms with van der Waals surface area (Å²) in [5.74, 6) is -0.257. The Balaban J connectivity index is 2.67. The van der Waals surface area contributed by atoms with Gasteiger partial charge in [0.05, 0.1) is 0 Å². The molecule has 1 atom stereocenters. The third-order valence-electron chi connectivity index (χ3n) is 2.50. The van der Waals surface area contributed by atoms with Crippen LogP contribution in [0.15, 0.2) is 12.7 Å². The molecule has 0 unspecified atom stereocenters. The lowest BCUT2D eigenvalue weighted by atomic mass is 10.1. The van der Waals surface area contributed by atoms with E-state index in [4.69, 9.17) is 0 Å². The van der Waals surface area contributed by atoms with Crippen molar-refractivity contribution in [3.63, 3.8) is 0 Å². The van der Waals surface area contributed by atoms with Crippen LogP contribution in [-0.4, -0.2) is 36.3 Å². The van der Waals surface area contributed by atoms with Gasteiger partial charge in [0.15, 0.2) is 0 Å². The predicted octanol–water partition coefficient (Wildman–Crippen LogP) is 0.299. The van der Waals surface area contributed by atoms with E-state index in [1.807, 2.05) is 0 Å². The Labute approximate surface area is 84.0 Å². The first kappa shape index (κ1) is 10.8. The normalized spacial score (nSPS) is 22.1. The Morgan fingerprint density at radius 1 is 1.64 bits per heavy atom. The van der Waals surface area contributed by atoms with Gasteiger partial charge in [-0.2, -0.15) is 0 Å². The number of nitrogens with zero attached hydrogens (tertiary/aromatic N) is 1. The monoisotopic (exact) mass is 196 g/mol. The van der Waals surface area contributed by atoms with E-state index in [9.17, 15) is 9.59 Å². The molecule has 1 aliphatic rings. The minimum Gasteiger partial charge on any atom is -0.354 e. The Morgan fingerprint density at radius 3 is 3.00 bits per heavy atom. The average Bonchev–Trinajstić information content (AvgIpc) is 2.40. The lowest BCUT2D eigenvalue weighted by molar-refractivity contribution is -0.135. The van der Waals surface area contributed by atoms with Gasteiger partial charge in [0.2, 0.25) is 11.8 Å². The van der Waals surface area contributed by atoms with Crippen LogP contribution in [0.1, 0.15) is 19.3 Å². The maximum absolute atomic E-state index is 11.5. The lowest BCUT2D eigenvalue weighted by Crippen LogP contribution is -2.46. The van der Waals surface area contributed by atoms with Crippen LogP contribution in [0.3, 0.4) is 0 Å². The van der Waals surface area contributed by atoms with Crippen molar-refractivity contribution in [2.75, 3.05) is 13.6 Å². The highest BCUT2D eigenvalue weighted by molar-refractivity contribution is 5.92. The summed E-state index contributed by atoms with van der Waals surface area (Å²) in [6, 6.07) is -0.331. The Kier molecular flexibility index (Phi) is 3.68. The lowest BCUT2D eigenvalue weighted by Gasteiger charge is -2.24. The zero-order chi connectivity index (χ0) is 10.6. The van der Waals surface area contributed by atoms with Gasteiger partial charge in [0, 0.05) is 13.6 Å². The first-order valence-corrected chi connectivity index (χ1v) is 4.83. The van der Waals surface area contributed by atoms with E-state index in [-0.39, 0.29) is 17.9 Å². The number of nitrogens with one attached hydrogen (secondary N) is 1. The van der Waals surface area contributed by atoms with Crippen molar-refractivity contribution >= 4 is 11.8 Å². The zero-order valence-corrected chi connectivity index (χ0v) is 8.45. The Morgan fingerprint density at radius 2 is 2.36 bits per heavy atom. The van der Waals surface area contributed by atoms with E-state index < -0.39 is 0 Å². The maximum Gasteiger partial charge on any atom is 0.246 e. The minimum atomic E-state index is -0.331. The van der Waals surface area contributed by atoms with Crippen LogP contribution in [0, 0.1) is 0 Å². The summed E-state index contributed by atoms with van der Waals surface area (Å²) < 4.78 is 0. The summed E-state index contributed by atoms with van der Waals surface area (Å²) in [6.45, 7) is 4.12. The van der Waals surface area contributed by atoms with Gasteiger partial charge in [-0.25, -0.2) is 0 Å². The fourth-order valence-electron chi connectivity index (χ4n) is 1.59. The minimum absolute atomic E-state index is 0.0554. The first-order chi connectivity index (χ1) is 6.66. The number of rotatable bonds is 2. The van der Waals surface area contributed by atoms with E-state index in [1.165, 1.54) is 11.0 Å². The summed E-state index contributed by atoms with van der Waals surface area (Å²) in [5.41, 5.74) is 0. The average molecular weight is 196 g/mol. The highest BCUT2D eigenvalue weighted by Crippen LogP contribution is 2.11. The van der Waals surface area contributed by atoms with Crippen LogP contribution in [0.25, 0.3) is 0 Å². The van der Waals surface area contributed by atoms with Gasteiger partial charge >= 0.3 is 0 Å². The molecule has 0 spiro atoms. The van der Waals surface area contributed by atoms with Crippen molar-refractivity contribution in [3.8, 4) is 0 Å². The topological polar surface area (TPSA) is 49.4 Å². The van der Waals surface area contributed by atoms with Gasteiger partial charge in [-0.05, 0) is 25.3 Å². The number of hydrogen-bond acceptors (Lipinski definition) is 2. The largest absolute Gasteiger partial charge is 0.354 e. The molecule has 4 nitrogen and oxygen atoms in total. The van der Waals surface area contributed by atoms with Crippen molar-refractivity contribution in [3.05, 3.63) is 12.7 Å². The third-order valence-corrected chi connectivity index (χ3v) is 2.50. The van der Waals surface area contributed by atoms with E-state index in [1.54, 1.807) is 7.05 Å². The number of carbonyl (C=O) groups excluding carboxylic acids is 2. The molecule has 2 amide bonds. The molecule has 0 aliphatic carbocycles. The van der Waals surface area contributed by atoms with Crippen LogP contribution < -0.4 is 5.32 Å². The molecular weight excluding hydrogens is 180 g/mol. The summed E-state index contributed by atoms with van der Waals surface area (Å²) >= 11 is 0. The van der Waals surface area contributed by atoms with Crippen molar-refractivity contribution in [1.82, 2.24) is 10.2 Å². The van der Waals surface area contributed by atoms with Gasteiger partial charge in [0.1, 0.15) is 6.04 Å². The van der Waals surface area contributed by atoms with E-state index in [0.717, 1.165) is 19.3 Å². The molecule has 14 heavy (non-hydrogen) atoms. The molecule has 1 aliphatic heterocycles. The molecule has 1 heterocycles. The summed E-state index contributed by atoms with van der Waals surface area (Å²) in [7, 11) is 1.64. The van der Waals surface area contributed by atoms with Crippen molar-refractivity contribution < 1.29 is 9.59 Å². The molecule has 1 N–H and O–H groups in total. The molecule has 0 aromatic heterocycles. The molecule has 0 bridgehead atoms.